The van der Waals surface area contributed by atoms with Crippen LogP contribution in [0.3, 0.4) is 0 Å². The van der Waals surface area contributed by atoms with E-state index >= 15 is 0 Å². The van der Waals surface area contributed by atoms with Crippen molar-refractivity contribution < 1.29 is 4.79 Å². The largest absolute Gasteiger partial charge is 0.366 e. The van der Waals surface area contributed by atoms with E-state index in [2.05, 4.69) is 24.1 Å². The van der Waals surface area contributed by atoms with Gasteiger partial charge in [0.15, 0.2) is 0 Å². The maximum atomic E-state index is 11.2. The lowest BCUT2D eigenvalue weighted by molar-refractivity contribution is 0.100. The molecule has 5 heteroatoms. The van der Waals surface area contributed by atoms with Crippen LogP contribution in [0.4, 0.5) is 5.82 Å². The molecule has 0 spiro atoms. The minimum Gasteiger partial charge on any atom is -0.366 e. The van der Waals surface area contributed by atoms with Crippen molar-refractivity contribution >= 4 is 23.5 Å². The van der Waals surface area contributed by atoms with Crippen LogP contribution in [0.25, 0.3) is 0 Å². The molecule has 1 amide bonds. The Hall–Kier alpha value is -1.23. The van der Waals surface area contributed by atoms with Gasteiger partial charge in [-0.25, -0.2) is 4.98 Å². The summed E-state index contributed by atoms with van der Waals surface area (Å²) in [5, 5.41) is 3.19. The van der Waals surface area contributed by atoms with Crippen molar-refractivity contribution in [3.8, 4) is 0 Å². The zero-order chi connectivity index (χ0) is 12.0. The average Bonchev–Trinajstić information content (AvgIpc) is 2.27. The predicted octanol–water partition coefficient (Wildman–Crippen LogP) is 1.73. The van der Waals surface area contributed by atoms with Crippen molar-refractivity contribution in [3.05, 3.63) is 23.9 Å². The third-order valence-electron chi connectivity index (χ3n) is 2.03. The molecule has 0 saturated heterocycles. The minimum absolute atomic E-state index is 0.262. The highest BCUT2D eigenvalue weighted by atomic mass is 32.2. The van der Waals surface area contributed by atoms with E-state index < -0.39 is 5.91 Å². The highest BCUT2D eigenvalue weighted by molar-refractivity contribution is 7.99. The maximum Gasteiger partial charge on any atom is 0.252 e. The van der Waals surface area contributed by atoms with Gasteiger partial charge < -0.3 is 11.1 Å². The normalized spacial score (nSPS) is 12.1. The van der Waals surface area contributed by atoms with Crippen LogP contribution >= 0.6 is 11.8 Å². The Morgan fingerprint density at radius 3 is 3.06 bits per heavy atom. The molecule has 0 aromatic carbocycles. The number of rotatable bonds is 6. The fourth-order valence-electron chi connectivity index (χ4n) is 1.29. The number of hydrogen-bond donors (Lipinski definition) is 2. The van der Waals surface area contributed by atoms with Crippen molar-refractivity contribution in [2.24, 2.45) is 5.73 Å². The van der Waals surface area contributed by atoms with Crippen molar-refractivity contribution in [2.75, 3.05) is 16.8 Å². The van der Waals surface area contributed by atoms with Gasteiger partial charge in [-0.1, -0.05) is 6.92 Å². The second-order valence-corrected chi connectivity index (χ2v) is 4.79. The number of primary amides is 1. The van der Waals surface area contributed by atoms with Crippen LogP contribution in [-0.2, 0) is 0 Å². The van der Waals surface area contributed by atoms with Gasteiger partial charge in [0.05, 0.1) is 5.56 Å². The van der Waals surface area contributed by atoms with Gasteiger partial charge in [-0.3, -0.25) is 4.79 Å². The zero-order valence-corrected chi connectivity index (χ0v) is 10.4. The first-order valence-corrected chi connectivity index (χ1v) is 6.39. The fraction of sp³-hybridized carbons (Fsp3) is 0.455. The molecular weight excluding hydrogens is 222 g/mol. The summed E-state index contributed by atoms with van der Waals surface area (Å²) >= 11 is 1.84. The first-order valence-electron chi connectivity index (χ1n) is 5.24. The fourth-order valence-corrected chi connectivity index (χ4v) is 1.96. The topological polar surface area (TPSA) is 68.0 Å². The van der Waals surface area contributed by atoms with Gasteiger partial charge in [0.2, 0.25) is 0 Å². The van der Waals surface area contributed by atoms with Crippen molar-refractivity contribution in [1.29, 1.82) is 0 Å². The second kappa shape index (κ2) is 6.37. The molecule has 3 N–H and O–H groups in total. The monoisotopic (exact) mass is 239 g/mol. The molecule has 1 atom stereocenters. The summed E-state index contributed by atoms with van der Waals surface area (Å²) in [4.78, 5) is 15.3. The molecule has 0 aliphatic heterocycles. The Bertz CT molecular complexity index is 357. The van der Waals surface area contributed by atoms with E-state index in [0.717, 1.165) is 11.5 Å². The summed E-state index contributed by atoms with van der Waals surface area (Å²) in [6, 6.07) is 3.65. The summed E-state index contributed by atoms with van der Waals surface area (Å²) in [6.07, 6.45) is 1.65. The number of thioether (sulfide) groups is 1. The Morgan fingerprint density at radius 1 is 1.69 bits per heavy atom. The maximum absolute atomic E-state index is 11.2. The van der Waals surface area contributed by atoms with Gasteiger partial charge in [0.1, 0.15) is 5.82 Å². The SMILES string of the molecule is CCSCC(C)Nc1ncccc1C(N)=O. The lowest BCUT2D eigenvalue weighted by Crippen LogP contribution is -2.22. The number of nitrogens with one attached hydrogen (secondary N) is 1. The Balaban J connectivity index is 2.69. The zero-order valence-electron chi connectivity index (χ0n) is 9.56. The van der Waals surface area contributed by atoms with Gasteiger partial charge in [-0.2, -0.15) is 11.8 Å². The average molecular weight is 239 g/mol. The molecule has 0 radical (unpaired) electrons. The number of carbonyl (C=O) groups excluding carboxylic acids is 1. The molecule has 1 heterocycles. The Kier molecular flexibility index (Phi) is 5.11. The highest BCUT2D eigenvalue weighted by Gasteiger charge is 2.10. The molecular formula is C11H17N3OS. The standard InChI is InChI=1S/C11H17N3OS/c1-3-16-7-8(2)14-11-9(10(12)15)5-4-6-13-11/h4-6,8H,3,7H2,1-2H3,(H2,12,15)(H,13,14). The molecule has 0 aliphatic carbocycles. The molecule has 16 heavy (non-hydrogen) atoms. The number of aromatic nitrogens is 1. The third-order valence-corrected chi connectivity index (χ3v) is 3.17. The molecule has 1 aromatic rings. The van der Waals surface area contributed by atoms with Crippen LogP contribution in [-0.4, -0.2) is 28.4 Å². The molecule has 4 nitrogen and oxygen atoms in total. The molecule has 0 fully saturated rings. The van der Waals surface area contributed by atoms with E-state index in [1.165, 1.54) is 0 Å². The van der Waals surface area contributed by atoms with Crippen molar-refractivity contribution in [2.45, 2.75) is 19.9 Å². The van der Waals surface area contributed by atoms with Crippen LogP contribution in [0.15, 0.2) is 18.3 Å². The minimum atomic E-state index is -0.453. The van der Waals surface area contributed by atoms with Gasteiger partial charge in [-0.05, 0) is 24.8 Å². The van der Waals surface area contributed by atoms with E-state index in [9.17, 15) is 4.79 Å². The second-order valence-electron chi connectivity index (χ2n) is 3.47. The molecule has 1 aromatic heterocycles. The Morgan fingerprint density at radius 2 is 2.44 bits per heavy atom. The van der Waals surface area contributed by atoms with Crippen molar-refractivity contribution in [1.82, 2.24) is 4.98 Å². The van der Waals surface area contributed by atoms with Crippen LogP contribution in [0.5, 0.6) is 0 Å². The van der Waals surface area contributed by atoms with Crippen molar-refractivity contribution in [3.63, 3.8) is 0 Å². The van der Waals surface area contributed by atoms with Crippen LogP contribution in [0.1, 0.15) is 24.2 Å². The van der Waals surface area contributed by atoms with E-state index in [0.29, 0.717) is 11.4 Å². The van der Waals surface area contributed by atoms with E-state index in [1.54, 1.807) is 18.3 Å². The van der Waals surface area contributed by atoms with Gasteiger partial charge >= 0.3 is 0 Å². The summed E-state index contributed by atoms with van der Waals surface area (Å²) in [7, 11) is 0. The number of carbonyl (C=O) groups is 1. The van der Waals surface area contributed by atoms with Crippen LogP contribution < -0.4 is 11.1 Å². The predicted molar refractivity (Wildman–Crippen MR) is 68.8 cm³/mol. The Labute approximate surface area is 100 Å². The quantitative estimate of drug-likeness (QED) is 0.793. The number of nitrogens with zero attached hydrogens (tertiary/aromatic N) is 1. The van der Waals surface area contributed by atoms with Gasteiger partial charge in [0, 0.05) is 18.0 Å². The number of anilines is 1. The van der Waals surface area contributed by atoms with Crippen LogP contribution in [0.2, 0.25) is 0 Å². The van der Waals surface area contributed by atoms with Gasteiger partial charge in [-0.15, -0.1) is 0 Å². The third kappa shape index (κ3) is 3.73. The van der Waals surface area contributed by atoms with Gasteiger partial charge in [0.25, 0.3) is 5.91 Å². The molecule has 1 rings (SSSR count). The molecule has 0 bridgehead atoms. The number of nitrogens with two attached hydrogens (primary N) is 1. The summed E-state index contributed by atoms with van der Waals surface area (Å²) in [5.41, 5.74) is 5.71. The molecule has 1 unspecified atom stereocenters. The number of pyridine rings is 1. The summed E-state index contributed by atoms with van der Waals surface area (Å²) in [6.45, 7) is 4.18. The molecule has 88 valence electrons. The lowest BCUT2D eigenvalue weighted by atomic mass is 10.2. The summed E-state index contributed by atoms with van der Waals surface area (Å²) in [5.74, 6) is 2.17. The summed E-state index contributed by atoms with van der Waals surface area (Å²) < 4.78 is 0. The molecule has 0 saturated carbocycles. The number of hydrogen-bond acceptors (Lipinski definition) is 4. The molecule has 0 aliphatic rings. The highest BCUT2D eigenvalue weighted by Crippen LogP contribution is 2.13. The van der Waals surface area contributed by atoms with E-state index in [-0.39, 0.29) is 6.04 Å². The smallest absolute Gasteiger partial charge is 0.252 e. The van der Waals surface area contributed by atoms with E-state index in [4.69, 9.17) is 5.73 Å². The number of amides is 1. The lowest BCUT2D eigenvalue weighted by Gasteiger charge is -2.15. The van der Waals surface area contributed by atoms with Crippen LogP contribution in [0, 0.1) is 0 Å². The van der Waals surface area contributed by atoms with E-state index in [1.807, 2.05) is 11.8 Å². The first kappa shape index (κ1) is 12.8. The first-order chi connectivity index (χ1) is 7.65.